The largest absolute Gasteiger partial charge is 0.207 e. The molecule has 0 aromatic rings. The summed E-state index contributed by atoms with van der Waals surface area (Å²) < 4.78 is 14.9. The lowest BCUT2D eigenvalue weighted by atomic mass is 9.67. The lowest BCUT2D eigenvalue weighted by Gasteiger charge is -2.38. The van der Waals surface area contributed by atoms with Crippen LogP contribution in [-0.2, 0) is 0 Å². The molecular formula is C22H35F. The van der Waals surface area contributed by atoms with Crippen LogP contribution in [0.4, 0.5) is 4.39 Å². The highest BCUT2D eigenvalue weighted by Gasteiger charge is 2.33. The van der Waals surface area contributed by atoms with E-state index in [1.807, 2.05) is 0 Å². The standard InChI is InChI=1S/C22H35F/c1-4-20-16(3)7-14-21(22(20)23)19-12-10-18(11-13-19)17-8-5-15(2)6-9-17/h15,17-19H,4-14H2,1-3H3. The number of rotatable bonds is 3. The molecule has 0 amide bonds. The summed E-state index contributed by atoms with van der Waals surface area (Å²) in [4.78, 5) is 0. The smallest absolute Gasteiger partial charge is 0.125 e. The molecule has 1 heteroatoms. The molecule has 0 aliphatic heterocycles. The van der Waals surface area contributed by atoms with Crippen LogP contribution in [-0.4, -0.2) is 0 Å². The lowest BCUT2D eigenvalue weighted by molar-refractivity contribution is 0.156. The van der Waals surface area contributed by atoms with Crippen LogP contribution < -0.4 is 0 Å². The van der Waals surface area contributed by atoms with Gasteiger partial charge in [0.05, 0.1) is 0 Å². The number of halogens is 1. The Morgan fingerprint density at radius 3 is 2.00 bits per heavy atom. The molecule has 23 heavy (non-hydrogen) atoms. The molecule has 0 heterocycles. The topological polar surface area (TPSA) is 0 Å². The highest BCUT2D eigenvalue weighted by Crippen LogP contribution is 2.46. The van der Waals surface area contributed by atoms with E-state index < -0.39 is 0 Å². The maximum absolute atomic E-state index is 14.9. The predicted molar refractivity (Wildman–Crippen MR) is 96.9 cm³/mol. The Balaban J connectivity index is 1.60. The Kier molecular flexibility index (Phi) is 5.65. The summed E-state index contributed by atoms with van der Waals surface area (Å²) in [6.07, 6.45) is 13.9. The summed E-state index contributed by atoms with van der Waals surface area (Å²) in [6, 6.07) is 0. The first kappa shape index (κ1) is 17.2. The Bertz CT molecular complexity index is 468. The summed E-state index contributed by atoms with van der Waals surface area (Å²) in [6.45, 7) is 6.63. The molecule has 0 bridgehead atoms. The average molecular weight is 319 g/mol. The molecule has 0 aromatic heterocycles. The quantitative estimate of drug-likeness (QED) is 0.510. The Morgan fingerprint density at radius 2 is 1.43 bits per heavy atom. The number of hydrogen-bond acceptors (Lipinski definition) is 0. The van der Waals surface area contributed by atoms with Gasteiger partial charge in [-0.1, -0.05) is 32.3 Å². The molecule has 0 spiro atoms. The van der Waals surface area contributed by atoms with E-state index in [1.54, 1.807) is 0 Å². The van der Waals surface area contributed by atoms with Gasteiger partial charge in [0.15, 0.2) is 0 Å². The lowest BCUT2D eigenvalue weighted by Crippen LogP contribution is -2.26. The van der Waals surface area contributed by atoms with Gasteiger partial charge in [0.25, 0.3) is 0 Å². The van der Waals surface area contributed by atoms with Crippen LogP contribution in [0, 0.1) is 23.7 Å². The van der Waals surface area contributed by atoms with E-state index in [9.17, 15) is 4.39 Å². The Morgan fingerprint density at radius 1 is 0.870 bits per heavy atom. The summed E-state index contributed by atoms with van der Waals surface area (Å²) in [5.41, 5.74) is 3.50. The van der Waals surface area contributed by atoms with E-state index in [1.165, 1.54) is 62.5 Å². The fraction of sp³-hybridized carbons (Fsp3) is 0.818. The number of hydrogen-bond donors (Lipinski definition) is 0. The van der Waals surface area contributed by atoms with Crippen molar-refractivity contribution < 1.29 is 4.39 Å². The van der Waals surface area contributed by atoms with Crippen molar-refractivity contribution in [2.45, 2.75) is 91.4 Å². The summed E-state index contributed by atoms with van der Waals surface area (Å²) >= 11 is 0. The molecule has 3 aliphatic carbocycles. The van der Waals surface area contributed by atoms with Crippen LogP contribution in [0.1, 0.15) is 91.4 Å². The second kappa shape index (κ2) is 7.53. The van der Waals surface area contributed by atoms with Crippen LogP contribution in [0.25, 0.3) is 0 Å². The van der Waals surface area contributed by atoms with Crippen LogP contribution in [0.2, 0.25) is 0 Å². The molecule has 3 rings (SSSR count). The molecule has 2 saturated carbocycles. The fourth-order valence-electron chi connectivity index (χ4n) is 5.50. The third kappa shape index (κ3) is 3.74. The molecule has 2 fully saturated rings. The van der Waals surface area contributed by atoms with Crippen LogP contribution in [0.15, 0.2) is 22.5 Å². The monoisotopic (exact) mass is 318 g/mol. The predicted octanol–water partition coefficient (Wildman–Crippen LogP) is 7.36. The molecule has 0 atom stereocenters. The van der Waals surface area contributed by atoms with Crippen molar-refractivity contribution >= 4 is 0 Å². The maximum Gasteiger partial charge on any atom is 0.125 e. The van der Waals surface area contributed by atoms with Gasteiger partial charge in [0.1, 0.15) is 5.83 Å². The summed E-state index contributed by atoms with van der Waals surface area (Å²) in [7, 11) is 0. The Hall–Kier alpha value is -0.590. The van der Waals surface area contributed by atoms with Gasteiger partial charge in [-0.25, -0.2) is 4.39 Å². The van der Waals surface area contributed by atoms with Crippen LogP contribution in [0.3, 0.4) is 0 Å². The van der Waals surface area contributed by atoms with E-state index in [2.05, 4.69) is 20.8 Å². The van der Waals surface area contributed by atoms with Crippen molar-refractivity contribution in [3.8, 4) is 0 Å². The summed E-state index contributed by atoms with van der Waals surface area (Å²) in [5, 5.41) is 0. The molecular weight excluding hydrogens is 283 g/mol. The molecule has 3 aliphatic rings. The molecule has 0 unspecified atom stereocenters. The summed E-state index contributed by atoms with van der Waals surface area (Å²) in [5.74, 6) is 3.60. The van der Waals surface area contributed by atoms with Gasteiger partial charge in [-0.05, 0) is 99.5 Å². The van der Waals surface area contributed by atoms with E-state index >= 15 is 0 Å². The zero-order chi connectivity index (χ0) is 16.4. The molecule has 0 saturated heterocycles. The first-order valence-electron chi connectivity index (χ1n) is 10.2. The highest BCUT2D eigenvalue weighted by molar-refractivity contribution is 5.38. The maximum atomic E-state index is 14.9. The first-order valence-corrected chi connectivity index (χ1v) is 10.2. The minimum absolute atomic E-state index is 0.186. The van der Waals surface area contributed by atoms with Crippen molar-refractivity contribution in [2.24, 2.45) is 23.7 Å². The van der Waals surface area contributed by atoms with Crippen molar-refractivity contribution in [1.82, 2.24) is 0 Å². The van der Waals surface area contributed by atoms with Gasteiger partial charge in [0.2, 0.25) is 0 Å². The number of allylic oxidation sites excluding steroid dienone is 4. The van der Waals surface area contributed by atoms with Gasteiger partial charge >= 0.3 is 0 Å². The normalized spacial score (nSPS) is 36.5. The average Bonchev–Trinajstić information content (AvgIpc) is 2.56. The van der Waals surface area contributed by atoms with E-state index in [0.29, 0.717) is 5.92 Å². The molecule has 0 radical (unpaired) electrons. The van der Waals surface area contributed by atoms with Crippen molar-refractivity contribution in [3.63, 3.8) is 0 Å². The van der Waals surface area contributed by atoms with Crippen LogP contribution >= 0.6 is 0 Å². The van der Waals surface area contributed by atoms with Gasteiger partial charge in [-0.3, -0.25) is 0 Å². The first-order chi connectivity index (χ1) is 11.1. The molecule has 0 nitrogen and oxygen atoms in total. The van der Waals surface area contributed by atoms with E-state index in [4.69, 9.17) is 0 Å². The zero-order valence-electron chi connectivity index (χ0n) is 15.5. The van der Waals surface area contributed by atoms with Gasteiger partial charge in [-0.15, -0.1) is 0 Å². The van der Waals surface area contributed by atoms with Gasteiger partial charge in [0, 0.05) is 0 Å². The molecule has 0 N–H and O–H groups in total. The van der Waals surface area contributed by atoms with Crippen molar-refractivity contribution in [1.29, 1.82) is 0 Å². The van der Waals surface area contributed by atoms with Crippen molar-refractivity contribution in [3.05, 3.63) is 22.5 Å². The fourth-order valence-corrected chi connectivity index (χ4v) is 5.50. The molecule has 0 aromatic carbocycles. The van der Waals surface area contributed by atoms with E-state index in [-0.39, 0.29) is 5.83 Å². The van der Waals surface area contributed by atoms with Crippen molar-refractivity contribution in [2.75, 3.05) is 0 Å². The second-order valence-corrected chi connectivity index (χ2v) is 8.58. The second-order valence-electron chi connectivity index (χ2n) is 8.58. The van der Waals surface area contributed by atoms with Gasteiger partial charge in [-0.2, -0.15) is 0 Å². The van der Waals surface area contributed by atoms with E-state index in [0.717, 1.165) is 42.6 Å². The minimum atomic E-state index is 0.186. The third-order valence-corrected chi connectivity index (χ3v) is 7.18. The highest BCUT2D eigenvalue weighted by atomic mass is 19.1. The Labute approximate surface area is 142 Å². The van der Waals surface area contributed by atoms with Gasteiger partial charge < -0.3 is 0 Å². The third-order valence-electron chi connectivity index (χ3n) is 7.18. The molecule has 130 valence electrons. The minimum Gasteiger partial charge on any atom is -0.207 e. The SMILES string of the molecule is CCC1=C(C)CCC(C2CCC(C3CCC(C)CC3)CC2)=C1F. The zero-order valence-corrected chi connectivity index (χ0v) is 15.5. The van der Waals surface area contributed by atoms with Crippen LogP contribution in [0.5, 0.6) is 0 Å².